The Labute approximate surface area is 137 Å². The molecule has 0 bridgehead atoms. The number of benzene rings is 2. The highest BCUT2D eigenvalue weighted by atomic mass is 32.2. The molecule has 22 heavy (non-hydrogen) atoms. The number of nitrogens with one attached hydrogen (secondary N) is 1. The number of hydrogen-bond donors (Lipinski definition) is 1. The van der Waals surface area contributed by atoms with Crippen LogP contribution in [0.15, 0.2) is 53.4 Å². The molecule has 0 saturated heterocycles. The molecule has 1 atom stereocenters. The third-order valence-electron chi connectivity index (χ3n) is 3.61. The van der Waals surface area contributed by atoms with E-state index in [1.54, 1.807) is 11.8 Å². The maximum Gasteiger partial charge on any atom is 0.221 e. The van der Waals surface area contributed by atoms with Crippen LogP contribution in [0.4, 0.5) is 0 Å². The van der Waals surface area contributed by atoms with Gasteiger partial charge in [-0.2, -0.15) is 0 Å². The molecule has 1 N–H and O–H groups in total. The molecule has 2 nitrogen and oxygen atoms in total. The minimum atomic E-state index is 0.0508. The second kappa shape index (κ2) is 8.04. The smallest absolute Gasteiger partial charge is 0.221 e. The molecule has 0 spiro atoms. The minimum Gasteiger partial charge on any atom is -0.350 e. The lowest BCUT2D eigenvalue weighted by Crippen LogP contribution is -2.27. The first kappa shape index (κ1) is 16.6. The molecule has 2 rings (SSSR count). The average Bonchev–Trinajstić information content (AvgIpc) is 2.48. The van der Waals surface area contributed by atoms with Gasteiger partial charge in [-0.15, -0.1) is 11.8 Å². The van der Waals surface area contributed by atoms with Crippen molar-refractivity contribution < 1.29 is 4.79 Å². The van der Waals surface area contributed by atoms with Crippen molar-refractivity contribution >= 4 is 17.7 Å². The maximum atomic E-state index is 12.1. The number of rotatable bonds is 6. The lowest BCUT2D eigenvalue weighted by molar-refractivity contribution is -0.121. The number of hydrogen-bond acceptors (Lipinski definition) is 2. The summed E-state index contributed by atoms with van der Waals surface area (Å²) < 4.78 is 0. The van der Waals surface area contributed by atoms with Crippen LogP contribution < -0.4 is 5.32 Å². The summed E-state index contributed by atoms with van der Waals surface area (Å²) in [4.78, 5) is 13.3. The Bertz CT molecular complexity index is 625. The number of amides is 1. The van der Waals surface area contributed by atoms with Gasteiger partial charge in [0.05, 0.1) is 6.04 Å². The van der Waals surface area contributed by atoms with Crippen LogP contribution in [0.25, 0.3) is 0 Å². The summed E-state index contributed by atoms with van der Waals surface area (Å²) >= 11 is 1.72. The van der Waals surface area contributed by atoms with Crippen molar-refractivity contribution in [3.8, 4) is 0 Å². The van der Waals surface area contributed by atoms with Crippen molar-refractivity contribution in [3.05, 3.63) is 65.2 Å². The Hall–Kier alpha value is -1.74. The van der Waals surface area contributed by atoms with Crippen molar-refractivity contribution in [1.82, 2.24) is 5.32 Å². The topological polar surface area (TPSA) is 29.1 Å². The second-order valence-corrected chi connectivity index (χ2v) is 6.73. The Morgan fingerprint density at radius 3 is 2.55 bits per heavy atom. The first-order valence-corrected chi connectivity index (χ1v) is 8.59. The molecule has 0 aliphatic heterocycles. The van der Waals surface area contributed by atoms with Gasteiger partial charge in [0, 0.05) is 17.1 Å². The van der Waals surface area contributed by atoms with Crippen molar-refractivity contribution in [3.63, 3.8) is 0 Å². The molecule has 0 unspecified atom stereocenters. The van der Waals surface area contributed by atoms with Crippen molar-refractivity contribution in [1.29, 1.82) is 0 Å². The quantitative estimate of drug-likeness (QED) is 0.786. The molecule has 0 aliphatic carbocycles. The molecule has 0 radical (unpaired) electrons. The highest BCUT2D eigenvalue weighted by molar-refractivity contribution is 7.99. The monoisotopic (exact) mass is 313 g/mol. The third-order valence-corrected chi connectivity index (χ3v) is 4.62. The van der Waals surface area contributed by atoms with E-state index < -0.39 is 0 Å². The maximum absolute atomic E-state index is 12.1. The van der Waals surface area contributed by atoms with E-state index in [9.17, 15) is 4.79 Å². The predicted molar refractivity (Wildman–Crippen MR) is 94.3 cm³/mol. The van der Waals surface area contributed by atoms with Gasteiger partial charge < -0.3 is 5.32 Å². The third kappa shape index (κ3) is 4.92. The predicted octanol–water partition coefficient (Wildman–Crippen LogP) is 4.66. The second-order valence-electron chi connectivity index (χ2n) is 5.56. The lowest BCUT2D eigenvalue weighted by Gasteiger charge is -2.17. The summed E-state index contributed by atoms with van der Waals surface area (Å²) in [6, 6.07) is 16.6. The molecule has 0 aliphatic rings. The number of carbonyl (C=O) groups is 1. The zero-order valence-electron chi connectivity index (χ0n) is 13.4. The van der Waals surface area contributed by atoms with Crippen LogP contribution in [-0.2, 0) is 4.79 Å². The first-order chi connectivity index (χ1) is 10.6. The van der Waals surface area contributed by atoms with E-state index in [0.717, 1.165) is 5.75 Å². The largest absolute Gasteiger partial charge is 0.350 e. The van der Waals surface area contributed by atoms with E-state index in [0.29, 0.717) is 6.42 Å². The Balaban J connectivity index is 1.81. The summed E-state index contributed by atoms with van der Waals surface area (Å²) in [6.45, 7) is 6.22. The summed E-state index contributed by atoms with van der Waals surface area (Å²) in [5, 5.41) is 3.09. The first-order valence-electron chi connectivity index (χ1n) is 7.60. The highest BCUT2D eigenvalue weighted by Gasteiger charge is 2.11. The van der Waals surface area contributed by atoms with Crippen LogP contribution in [-0.4, -0.2) is 11.7 Å². The molecule has 0 saturated carbocycles. The Morgan fingerprint density at radius 2 is 1.86 bits per heavy atom. The molecular formula is C19H23NOS. The van der Waals surface area contributed by atoms with Gasteiger partial charge in [0.1, 0.15) is 0 Å². The van der Waals surface area contributed by atoms with E-state index in [1.807, 2.05) is 25.1 Å². The fourth-order valence-electron chi connectivity index (χ4n) is 2.48. The molecule has 116 valence electrons. The normalized spacial score (nSPS) is 12.0. The molecule has 2 aromatic carbocycles. The van der Waals surface area contributed by atoms with E-state index in [2.05, 4.69) is 49.5 Å². The van der Waals surface area contributed by atoms with Gasteiger partial charge in [-0.25, -0.2) is 0 Å². The fraction of sp³-hybridized carbons (Fsp3) is 0.316. The summed E-state index contributed by atoms with van der Waals surface area (Å²) in [5.74, 6) is 0.908. The van der Waals surface area contributed by atoms with Crippen LogP contribution in [0.3, 0.4) is 0 Å². The van der Waals surface area contributed by atoms with Gasteiger partial charge in [-0.1, -0.05) is 42.0 Å². The highest BCUT2D eigenvalue weighted by Crippen LogP contribution is 2.20. The van der Waals surface area contributed by atoms with E-state index >= 15 is 0 Å². The van der Waals surface area contributed by atoms with Crippen molar-refractivity contribution in [2.75, 3.05) is 5.75 Å². The summed E-state index contributed by atoms with van der Waals surface area (Å²) in [7, 11) is 0. The van der Waals surface area contributed by atoms with Crippen LogP contribution in [0.5, 0.6) is 0 Å². The molecule has 3 heteroatoms. The number of thioether (sulfide) groups is 1. The van der Waals surface area contributed by atoms with Crippen LogP contribution in [0.2, 0.25) is 0 Å². The molecule has 0 aromatic heterocycles. The zero-order chi connectivity index (χ0) is 15.9. The van der Waals surface area contributed by atoms with Crippen molar-refractivity contribution in [2.24, 2.45) is 0 Å². The Morgan fingerprint density at radius 1 is 1.14 bits per heavy atom. The average molecular weight is 313 g/mol. The SMILES string of the molecule is Cc1ccc([C@H](C)NC(=O)CCSc2ccccc2)c(C)c1. The van der Waals surface area contributed by atoms with Crippen LogP contribution in [0.1, 0.15) is 36.1 Å². The van der Waals surface area contributed by atoms with E-state index in [-0.39, 0.29) is 11.9 Å². The molecule has 2 aromatic rings. The van der Waals surface area contributed by atoms with Gasteiger partial charge in [0.2, 0.25) is 5.91 Å². The van der Waals surface area contributed by atoms with Gasteiger partial charge in [0.15, 0.2) is 0 Å². The van der Waals surface area contributed by atoms with Gasteiger partial charge in [-0.3, -0.25) is 4.79 Å². The van der Waals surface area contributed by atoms with Gasteiger partial charge in [0.25, 0.3) is 0 Å². The van der Waals surface area contributed by atoms with E-state index in [1.165, 1.54) is 21.6 Å². The van der Waals surface area contributed by atoms with Gasteiger partial charge >= 0.3 is 0 Å². The standard InChI is InChI=1S/C19H23NOS/c1-14-9-10-18(15(2)13-14)16(3)20-19(21)11-12-22-17-7-5-4-6-8-17/h4-10,13,16H,11-12H2,1-3H3,(H,20,21)/t16-/m0/s1. The molecular weight excluding hydrogens is 290 g/mol. The fourth-order valence-corrected chi connectivity index (χ4v) is 3.35. The zero-order valence-corrected chi connectivity index (χ0v) is 14.2. The number of carbonyl (C=O) groups excluding carboxylic acids is 1. The summed E-state index contributed by atoms with van der Waals surface area (Å²) in [5.41, 5.74) is 3.67. The number of aryl methyl sites for hydroxylation is 2. The summed E-state index contributed by atoms with van der Waals surface area (Å²) in [6.07, 6.45) is 0.537. The van der Waals surface area contributed by atoms with E-state index in [4.69, 9.17) is 0 Å². The molecule has 0 heterocycles. The molecule has 0 fully saturated rings. The lowest BCUT2D eigenvalue weighted by atomic mass is 10.0. The Kier molecular flexibility index (Phi) is 6.08. The molecule has 1 amide bonds. The van der Waals surface area contributed by atoms with Crippen LogP contribution >= 0.6 is 11.8 Å². The van der Waals surface area contributed by atoms with Gasteiger partial charge in [-0.05, 0) is 44.0 Å². The van der Waals surface area contributed by atoms with Crippen molar-refractivity contribution in [2.45, 2.75) is 38.1 Å². The van der Waals surface area contributed by atoms with Crippen LogP contribution in [0, 0.1) is 13.8 Å². The minimum absolute atomic E-state index is 0.0508.